The zero-order chi connectivity index (χ0) is 24.9. The topological polar surface area (TPSA) is 96.0 Å². The van der Waals surface area contributed by atoms with E-state index in [0.717, 1.165) is 22.8 Å². The molecule has 0 bridgehead atoms. The van der Waals surface area contributed by atoms with Crippen LogP contribution in [0.5, 0.6) is 5.75 Å². The van der Waals surface area contributed by atoms with E-state index in [-0.39, 0.29) is 22.9 Å². The number of thioether (sulfide) groups is 1. The van der Waals surface area contributed by atoms with Crippen LogP contribution in [0.2, 0.25) is 0 Å². The van der Waals surface area contributed by atoms with E-state index in [1.807, 2.05) is 73.0 Å². The van der Waals surface area contributed by atoms with Gasteiger partial charge in [-0.3, -0.25) is 14.3 Å². The Kier molecular flexibility index (Phi) is 7.40. The number of nitrogens with one attached hydrogen (secondary N) is 1. The summed E-state index contributed by atoms with van der Waals surface area (Å²) in [6.07, 6.45) is 0. The molecule has 0 aliphatic heterocycles. The molecule has 0 aliphatic carbocycles. The highest BCUT2D eigenvalue weighted by atomic mass is 32.2. The maximum absolute atomic E-state index is 13.0. The molecule has 1 amide bonds. The van der Waals surface area contributed by atoms with Gasteiger partial charge < -0.3 is 14.6 Å². The summed E-state index contributed by atoms with van der Waals surface area (Å²) in [4.78, 5) is 25.8. The number of para-hydroxylation sites is 1. The summed E-state index contributed by atoms with van der Waals surface area (Å²) in [7, 11) is 1.79. The van der Waals surface area contributed by atoms with E-state index in [1.54, 1.807) is 18.7 Å². The second kappa shape index (κ2) is 10.6. The largest absolute Gasteiger partial charge is 0.494 e. The van der Waals surface area contributed by atoms with Gasteiger partial charge in [0.1, 0.15) is 11.4 Å². The van der Waals surface area contributed by atoms with Crippen LogP contribution in [0.15, 0.2) is 64.5 Å². The first kappa shape index (κ1) is 24.3. The highest BCUT2D eigenvalue weighted by Crippen LogP contribution is 2.26. The molecule has 4 rings (SSSR count). The molecular weight excluding hydrogens is 464 g/mol. The second-order valence-corrected chi connectivity index (χ2v) is 8.72. The van der Waals surface area contributed by atoms with Crippen molar-refractivity contribution in [3.8, 4) is 22.8 Å². The van der Waals surface area contributed by atoms with Gasteiger partial charge in [0.05, 0.1) is 23.7 Å². The van der Waals surface area contributed by atoms with Crippen molar-refractivity contribution in [1.29, 1.82) is 0 Å². The fourth-order valence-corrected chi connectivity index (χ4v) is 4.58. The SMILES string of the molecule is CCOc1ccc(-c2nnc(SCC(=O)Nc3c(C)n(C)n(-c4ccccc4)c3=O)n2CC)cc1. The van der Waals surface area contributed by atoms with Gasteiger partial charge in [-0.2, -0.15) is 0 Å². The Morgan fingerprint density at radius 2 is 1.77 bits per heavy atom. The predicted octanol–water partition coefficient (Wildman–Crippen LogP) is 3.89. The summed E-state index contributed by atoms with van der Waals surface area (Å²) >= 11 is 1.28. The first-order chi connectivity index (χ1) is 16.9. The third kappa shape index (κ3) is 5.02. The molecule has 1 N–H and O–H groups in total. The average Bonchev–Trinajstić information content (AvgIpc) is 3.38. The molecule has 35 heavy (non-hydrogen) atoms. The minimum Gasteiger partial charge on any atom is -0.494 e. The molecule has 2 aromatic heterocycles. The Labute approximate surface area is 207 Å². The number of benzene rings is 2. The zero-order valence-electron chi connectivity index (χ0n) is 20.2. The van der Waals surface area contributed by atoms with E-state index in [1.165, 1.54) is 16.4 Å². The summed E-state index contributed by atoms with van der Waals surface area (Å²) in [6.45, 7) is 7.01. The number of hydrogen-bond donors (Lipinski definition) is 1. The molecule has 0 fully saturated rings. The lowest BCUT2D eigenvalue weighted by molar-refractivity contribution is -0.113. The van der Waals surface area contributed by atoms with Gasteiger partial charge in [0.15, 0.2) is 11.0 Å². The third-order valence-corrected chi connectivity index (χ3v) is 6.57. The van der Waals surface area contributed by atoms with Gasteiger partial charge in [0.25, 0.3) is 5.56 Å². The van der Waals surface area contributed by atoms with Gasteiger partial charge in [0.2, 0.25) is 5.91 Å². The molecule has 0 saturated heterocycles. The van der Waals surface area contributed by atoms with Crippen LogP contribution in [0.3, 0.4) is 0 Å². The molecule has 0 atom stereocenters. The van der Waals surface area contributed by atoms with Crippen LogP contribution in [0, 0.1) is 6.92 Å². The number of ether oxygens (including phenoxy) is 1. The Bertz CT molecular complexity index is 1370. The molecule has 0 spiro atoms. The lowest BCUT2D eigenvalue weighted by Gasteiger charge is -2.08. The van der Waals surface area contributed by atoms with Crippen LogP contribution in [0.4, 0.5) is 5.69 Å². The third-order valence-electron chi connectivity index (χ3n) is 5.61. The quantitative estimate of drug-likeness (QED) is 0.356. The maximum Gasteiger partial charge on any atom is 0.295 e. The smallest absolute Gasteiger partial charge is 0.295 e. The van der Waals surface area contributed by atoms with Crippen LogP contribution >= 0.6 is 11.8 Å². The van der Waals surface area contributed by atoms with E-state index in [9.17, 15) is 9.59 Å². The van der Waals surface area contributed by atoms with Gasteiger partial charge in [0, 0.05) is 19.2 Å². The van der Waals surface area contributed by atoms with Crippen molar-refractivity contribution < 1.29 is 9.53 Å². The van der Waals surface area contributed by atoms with E-state index >= 15 is 0 Å². The van der Waals surface area contributed by atoms with Gasteiger partial charge in [-0.1, -0.05) is 30.0 Å². The normalized spacial score (nSPS) is 11.0. The minimum absolute atomic E-state index is 0.0977. The molecule has 182 valence electrons. The highest BCUT2D eigenvalue weighted by Gasteiger charge is 2.19. The van der Waals surface area contributed by atoms with E-state index in [2.05, 4.69) is 15.5 Å². The minimum atomic E-state index is -0.283. The van der Waals surface area contributed by atoms with Crippen LogP contribution < -0.4 is 15.6 Å². The molecule has 0 radical (unpaired) electrons. The summed E-state index contributed by atoms with van der Waals surface area (Å²) < 4.78 is 10.7. The van der Waals surface area contributed by atoms with Crippen LogP contribution in [0.25, 0.3) is 17.1 Å². The number of carbonyl (C=O) groups excluding carboxylic acids is 1. The molecular formula is C25H28N6O3S. The zero-order valence-corrected chi connectivity index (χ0v) is 21.0. The lowest BCUT2D eigenvalue weighted by atomic mass is 10.2. The number of rotatable bonds is 9. The summed E-state index contributed by atoms with van der Waals surface area (Å²) in [6, 6.07) is 17.0. The Balaban J connectivity index is 1.48. The van der Waals surface area contributed by atoms with Crippen molar-refractivity contribution in [2.75, 3.05) is 17.7 Å². The lowest BCUT2D eigenvalue weighted by Crippen LogP contribution is -2.23. The number of amides is 1. The number of aromatic nitrogens is 5. The van der Waals surface area contributed by atoms with E-state index in [4.69, 9.17) is 4.74 Å². The van der Waals surface area contributed by atoms with Crippen LogP contribution in [-0.2, 0) is 18.4 Å². The molecule has 0 aliphatic rings. The molecule has 4 aromatic rings. The fourth-order valence-electron chi connectivity index (χ4n) is 3.78. The Hall–Kier alpha value is -3.79. The molecule has 2 heterocycles. The van der Waals surface area contributed by atoms with Crippen molar-refractivity contribution in [3.05, 3.63) is 70.6 Å². The van der Waals surface area contributed by atoms with Crippen LogP contribution in [-0.4, -0.2) is 42.4 Å². The van der Waals surface area contributed by atoms with E-state index < -0.39 is 0 Å². The molecule has 9 nitrogen and oxygen atoms in total. The molecule has 0 unspecified atom stereocenters. The molecule has 10 heteroatoms. The highest BCUT2D eigenvalue weighted by molar-refractivity contribution is 7.99. The van der Waals surface area contributed by atoms with Crippen molar-refractivity contribution in [1.82, 2.24) is 24.1 Å². The number of hydrogen-bond acceptors (Lipinski definition) is 6. The predicted molar refractivity (Wildman–Crippen MR) is 137 cm³/mol. The van der Waals surface area contributed by atoms with Crippen molar-refractivity contribution >= 4 is 23.4 Å². The number of carbonyl (C=O) groups is 1. The maximum atomic E-state index is 13.0. The second-order valence-electron chi connectivity index (χ2n) is 7.78. The summed E-state index contributed by atoms with van der Waals surface area (Å²) in [5.41, 5.74) is 2.32. The van der Waals surface area contributed by atoms with Crippen molar-refractivity contribution in [2.24, 2.45) is 7.05 Å². The average molecular weight is 493 g/mol. The number of anilines is 1. The number of nitrogens with zero attached hydrogens (tertiary/aromatic N) is 5. The first-order valence-corrected chi connectivity index (χ1v) is 12.4. The fraction of sp³-hybridized carbons (Fsp3) is 0.280. The monoisotopic (exact) mass is 492 g/mol. The molecule has 0 saturated carbocycles. The van der Waals surface area contributed by atoms with E-state index in [0.29, 0.717) is 24.0 Å². The van der Waals surface area contributed by atoms with Gasteiger partial charge in [-0.25, -0.2) is 4.68 Å². The standard InChI is InChI=1S/C25H28N6O3S/c1-5-30-23(18-12-14-20(15-13-18)34-6-2)27-28-25(30)35-16-21(32)26-22-17(3)29(4)31(24(22)33)19-10-8-7-9-11-19/h7-15H,5-6,16H2,1-4H3,(H,26,32). The summed E-state index contributed by atoms with van der Waals surface area (Å²) in [5, 5.41) is 12.0. The Morgan fingerprint density at radius 3 is 2.43 bits per heavy atom. The Morgan fingerprint density at radius 1 is 1.06 bits per heavy atom. The van der Waals surface area contributed by atoms with Crippen molar-refractivity contribution in [2.45, 2.75) is 32.5 Å². The first-order valence-electron chi connectivity index (χ1n) is 11.4. The van der Waals surface area contributed by atoms with Gasteiger partial charge >= 0.3 is 0 Å². The van der Waals surface area contributed by atoms with Crippen LogP contribution in [0.1, 0.15) is 19.5 Å². The summed E-state index contributed by atoms with van der Waals surface area (Å²) in [5.74, 6) is 1.34. The molecule has 2 aromatic carbocycles. The van der Waals surface area contributed by atoms with Crippen molar-refractivity contribution in [3.63, 3.8) is 0 Å². The van der Waals surface area contributed by atoms with Gasteiger partial charge in [-0.05, 0) is 57.2 Å². The van der Waals surface area contributed by atoms with Gasteiger partial charge in [-0.15, -0.1) is 10.2 Å².